The van der Waals surface area contributed by atoms with Crippen molar-refractivity contribution < 1.29 is 9.53 Å². The molecule has 0 aromatic carbocycles. The van der Waals surface area contributed by atoms with E-state index in [1.807, 2.05) is 0 Å². The van der Waals surface area contributed by atoms with E-state index in [2.05, 4.69) is 40.7 Å². The molecule has 4 aliphatic carbocycles. The molecule has 0 spiro atoms. The predicted molar refractivity (Wildman–Crippen MR) is 134 cm³/mol. The van der Waals surface area contributed by atoms with E-state index < -0.39 is 0 Å². The molecule has 3 saturated carbocycles. The molecule has 3 fully saturated rings. The van der Waals surface area contributed by atoms with Crippen molar-refractivity contribution in [3.05, 3.63) is 11.6 Å². The quantitative estimate of drug-likeness (QED) is 0.226. The molecule has 0 radical (unpaired) electrons. The van der Waals surface area contributed by atoms with Crippen LogP contribution in [0.4, 0.5) is 0 Å². The van der Waals surface area contributed by atoms with Gasteiger partial charge in [0, 0.05) is 6.92 Å². The molecule has 0 unspecified atom stereocenters. The maximum atomic E-state index is 11.8. The van der Waals surface area contributed by atoms with E-state index in [-0.39, 0.29) is 22.9 Å². The second-order valence-corrected chi connectivity index (χ2v) is 13.4. The van der Waals surface area contributed by atoms with Crippen molar-refractivity contribution in [3.63, 3.8) is 0 Å². The van der Waals surface area contributed by atoms with E-state index in [0.717, 1.165) is 54.8 Å². The van der Waals surface area contributed by atoms with Crippen LogP contribution in [0.25, 0.3) is 0 Å². The van der Waals surface area contributed by atoms with E-state index in [0.29, 0.717) is 5.41 Å². The van der Waals surface area contributed by atoms with Crippen LogP contribution in [0, 0.1) is 46.3 Å². The van der Waals surface area contributed by atoms with Crippen molar-refractivity contribution >= 4 is 17.6 Å². The lowest BCUT2D eigenvalue weighted by Crippen LogP contribution is -2.53. The van der Waals surface area contributed by atoms with Gasteiger partial charge in [0.25, 0.3) is 0 Å². The number of hydrogen-bond donors (Lipinski definition) is 0. The summed E-state index contributed by atoms with van der Waals surface area (Å²) < 4.78 is 5.79. The van der Waals surface area contributed by atoms with Crippen molar-refractivity contribution in [2.24, 2.45) is 46.3 Å². The Bertz CT molecular complexity index is 729. The zero-order chi connectivity index (χ0) is 23.3. The van der Waals surface area contributed by atoms with E-state index in [1.54, 1.807) is 0 Å². The third kappa shape index (κ3) is 4.20. The van der Waals surface area contributed by atoms with Gasteiger partial charge in [0.15, 0.2) is 0 Å². The first-order valence-corrected chi connectivity index (χ1v) is 14.0. The average Bonchev–Trinajstić information content (AvgIpc) is 3.07. The Hall–Kier alpha value is -0.500. The fraction of sp³-hybridized carbons (Fsp3) is 0.897. The van der Waals surface area contributed by atoms with Crippen molar-refractivity contribution in [2.45, 2.75) is 117 Å². The summed E-state index contributed by atoms with van der Waals surface area (Å²) >= 11 is 6.69. The molecular formula is C29H47ClO2. The Morgan fingerprint density at radius 1 is 1.09 bits per heavy atom. The first-order valence-electron chi connectivity index (χ1n) is 13.6. The Kier molecular flexibility index (Phi) is 7.13. The topological polar surface area (TPSA) is 26.3 Å². The van der Waals surface area contributed by atoms with E-state index in [9.17, 15) is 4.79 Å². The van der Waals surface area contributed by atoms with Gasteiger partial charge in [0.1, 0.15) is 6.10 Å². The van der Waals surface area contributed by atoms with Crippen LogP contribution in [0.2, 0.25) is 0 Å². The highest BCUT2D eigenvalue weighted by Crippen LogP contribution is 2.67. The van der Waals surface area contributed by atoms with Crippen molar-refractivity contribution in [1.82, 2.24) is 0 Å². The van der Waals surface area contributed by atoms with Gasteiger partial charge in [0.2, 0.25) is 0 Å². The molecular weight excluding hydrogens is 416 g/mol. The number of esters is 1. The Labute approximate surface area is 202 Å². The minimum atomic E-state index is -0.223. The predicted octanol–water partition coefficient (Wildman–Crippen LogP) is 8.18. The number of ether oxygens (including phenoxy) is 1. The Morgan fingerprint density at radius 2 is 1.84 bits per heavy atom. The lowest BCUT2D eigenvalue weighted by atomic mass is 9.46. The maximum absolute atomic E-state index is 11.8. The van der Waals surface area contributed by atoms with Crippen LogP contribution in [0.5, 0.6) is 0 Å². The molecule has 182 valence electrons. The van der Waals surface area contributed by atoms with Crippen LogP contribution >= 0.6 is 11.6 Å². The number of alkyl halides is 1. The van der Waals surface area contributed by atoms with Crippen molar-refractivity contribution in [2.75, 3.05) is 0 Å². The second-order valence-electron chi connectivity index (χ2n) is 12.8. The van der Waals surface area contributed by atoms with Crippen LogP contribution in [-0.4, -0.2) is 17.5 Å². The van der Waals surface area contributed by atoms with E-state index >= 15 is 0 Å². The van der Waals surface area contributed by atoms with Gasteiger partial charge in [-0.05, 0) is 96.9 Å². The van der Waals surface area contributed by atoms with Crippen LogP contribution in [0.3, 0.4) is 0 Å². The summed E-state index contributed by atoms with van der Waals surface area (Å²) in [4.78, 5) is 11.8. The monoisotopic (exact) mass is 462 g/mol. The summed E-state index contributed by atoms with van der Waals surface area (Å²) in [5.74, 6) is 4.74. The molecule has 0 N–H and O–H groups in total. The Balaban J connectivity index is 1.53. The third-order valence-electron chi connectivity index (χ3n) is 10.6. The van der Waals surface area contributed by atoms with Gasteiger partial charge in [-0.2, -0.15) is 0 Å². The minimum absolute atomic E-state index is 0.0776. The minimum Gasteiger partial charge on any atom is -0.456 e. The molecule has 0 heterocycles. The number of hydrogen-bond acceptors (Lipinski definition) is 2. The molecule has 0 aromatic heterocycles. The van der Waals surface area contributed by atoms with Crippen molar-refractivity contribution in [3.8, 4) is 0 Å². The number of rotatable bonds is 6. The molecule has 3 heteroatoms. The van der Waals surface area contributed by atoms with Gasteiger partial charge in [0.05, 0.1) is 5.38 Å². The summed E-state index contributed by atoms with van der Waals surface area (Å²) in [6, 6.07) is 0. The highest BCUT2D eigenvalue weighted by Gasteiger charge is 2.60. The number of allylic oxidation sites excluding steroid dienone is 1. The molecule has 0 aliphatic heterocycles. The standard InChI is InChI=1S/C29H47ClO2/c1-18(2)8-7-9-19(3)22-12-13-23-21-10-11-25-27(32-20(4)31)26(30)15-17-29(25,6)24(21)14-16-28(22,23)5/h11,18-19,21-24,26-27H,7-10,12-17H2,1-6H3/t19-,21+,22-,23+,24+,26+,27-,28-,29-/m1/s1. The normalized spacial score (nSPS) is 44.3. The smallest absolute Gasteiger partial charge is 0.303 e. The Morgan fingerprint density at radius 3 is 2.53 bits per heavy atom. The van der Waals surface area contributed by atoms with Crippen LogP contribution in [0.1, 0.15) is 106 Å². The largest absolute Gasteiger partial charge is 0.456 e. The van der Waals surface area contributed by atoms with Crippen LogP contribution in [0.15, 0.2) is 11.6 Å². The molecule has 4 aliphatic rings. The lowest BCUT2D eigenvalue weighted by molar-refractivity contribution is -0.147. The van der Waals surface area contributed by atoms with E-state index in [4.69, 9.17) is 16.3 Å². The lowest BCUT2D eigenvalue weighted by Gasteiger charge is -2.59. The van der Waals surface area contributed by atoms with Gasteiger partial charge < -0.3 is 4.74 Å². The first kappa shape index (κ1) is 24.6. The van der Waals surface area contributed by atoms with Crippen LogP contribution < -0.4 is 0 Å². The highest BCUT2D eigenvalue weighted by molar-refractivity contribution is 6.21. The molecule has 0 bridgehead atoms. The summed E-state index contributed by atoms with van der Waals surface area (Å²) in [6.45, 7) is 13.9. The van der Waals surface area contributed by atoms with Gasteiger partial charge in [-0.15, -0.1) is 11.6 Å². The highest BCUT2D eigenvalue weighted by atomic mass is 35.5. The molecule has 0 saturated heterocycles. The van der Waals surface area contributed by atoms with Gasteiger partial charge in [-0.1, -0.05) is 60.0 Å². The third-order valence-corrected chi connectivity index (χ3v) is 11.0. The fourth-order valence-corrected chi connectivity index (χ4v) is 9.31. The summed E-state index contributed by atoms with van der Waals surface area (Å²) in [5, 5.41) is -0.0776. The molecule has 0 aromatic rings. The SMILES string of the molecule is CC(=O)O[C@@H]1C2=CC[C@H]3[C@@H]4CC[C@H]([C@H](C)CCCC(C)C)[C@@]4(C)CC[C@@H]3[C@@]2(C)CC[C@@H]1Cl. The molecule has 0 amide bonds. The number of carbonyl (C=O) groups is 1. The van der Waals surface area contributed by atoms with Gasteiger partial charge in [-0.25, -0.2) is 0 Å². The summed E-state index contributed by atoms with van der Waals surface area (Å²) in [7, 11) is 0. The molecule has 32 heavy (non-hydrogen) atoms. The van der Waals surface area contributed by atoms with E-state index in [1.165, 1.54) is 57.4 Å². The molecule has 2 nitrogen and oxygen atoms in total. The zero-order valence-corrected chi connectivity index (χ0v) is 22.2. The zero-order valence-electron chi connectivity index (χ0n) is 21.5. The van der Waals surface area contributed by atoms with Crippen molar-refractivity contribution in [1.29, 1.82) is 0 Å². The van der Waals surface area contributed by atoms with Crippen LogP contribution in [-0.2, 0) is 9.53 Å². The number of fused-ring (bicyclic) bond motifs is 5. The first-order chi connectivity index (χ1) is 15.1. The molecule has 9 atom stereocenters. The second kappa shape index (κ2) is 9.27. The fourth-order valence-electron chi connectivity index (χ4n) is 9.01. The molecule has 4 rings (SSSR count). The number of halogens is 1. The average molecular weight is 463 g/mol. The summed E-state index contributed by atoms with van der Waals surface area (Å²) in [5.41, 5.74) is 2.01. The summed E-state index contributed by atoms with van der Waals surface area (Å²) in [6.07, 6.45) is 15.2. The van der Waals surface area contributed by atoms with Gasteiger partial charge in [-0.3, -0.25) is 4.79 Å². The number of carbonyl (C=O) groups excluding carboxylic acids is 1. The van der Waals surface area contributed by atoms with Gasteiger partial charge >= 0.3 is 5.97 Å². The maximum Gasteiger partial charge on any atom is 0.303 e.